The highest BCUT2D eigenvalue weighted by atomic mass is 15.1. The van der Waals surface area contributed by atoms with Gasteiger partial charge in [0.25, 0.3) is 0 Å². The molecule has 0 aliphatic rings. The van der Waals surface area contributed by atoms with Crippen molar-refractivity contribution in [1.29, 1.82) is 5.41 Å². The summed E-state index contributed by atoms with van der Waals surface area (Å²) >= 11 is 0. The third-order valence-electron chi connectivity index (χ3n) is 2.98. The molecule has 4 heteroatoms. The number of rotatable bonds is 6. The highest BCUT2D eigenvalue weighted by molar-refractivity contribution is 5.82. The zero-order valence-corrected chi connectivity index (χ0v) is 10.5. The lowest BCUT2D eigenvalue weighted by molar-refractivity contribution is 0.422. The van der Waals surface area contributed by atoms with Gasteiger partial charge in [-0.2, -0.15) is 0 Å². The molecule has 0 amide bonds. The van der Waals surface area contributed by atoms with Crippen LogP contribution in [-0.4, -0.2) is 15.4 Å². The molecule has 3 N–H and O–H groups in total. The molecule has 1 heterocycles. The van der Waals surface area contributed by atoms with Gasteiger partial charge >= 0.3 is 0 Å². The van der Waals surface area contributed by atoms with Gasteiger partial charge in [-0.3, -0.25) is 5.41 Å². The van der Waals surface area contributed by atoms with Crippen LogP contribution in [0.25, 0.3) is 0 Å². The molecule has 1 aromatic rings. The zero-order valence-electron chi connectivity index (χ0n) is 10.5. The molecular weight excluding hydrogens is 200 g/mol. The molecule has 0 fully saturated rings. The maximum absolute atomic E-state index is 7.51. The first-order valence-electron chi connectivity index (χ1n) is 5.82. The van der Waals surface area contributed by atoms with Crippen LogP contribution in [0.2, 0.25) is 0 Å². The maximum Gasteiger partial charge on any atom is 0.108 e. The summed E-state index contributed by atoms with van der Waals surface area (Å²) in [5.41, 5.74) is 5.34. The molecule has 0 spiro atoms. The maximum atomic E-state index is 7.51. The van der Waals surface area contributed by atoms with Gasteiger partial charge in [-0.25, -0.2) is 4.98 Å². The molecule has 16 heavy (non-hydrogen) atoms. The van der Waals surface area contributed by atoms with Crippen LogP contribution in [0.15, 0.2) is 12.4 Å². The minimum atomic E-state index is -0.228. The van der Waals surface area contributed by atoms with E-state index in [1.807, 2.05) is 26.2 Å². The molecule has 0 saturated carbocycles. The van der Waals surface area contributed by atoms with Crippen LogP contribution in [0.1, 0.15) is 39.4 Å². The Morgan fingerprint density at radius 1 is 1.56 bits per heavy atom. The third-order valence-corrected chi connectivity index (χ3v) is 2.98. The standard InChI is InChI=1S/C12H22N4/c1-4-5-10-15-7-9-16(10)8-6-12(2,3)11(13)14/h7,9H,4-6,8H2,1-3H3,(H3,13,14). The lowest BCUT2D eigenvalue weighted by Gasteiger charge is -2.23. The second-order valence-electron chi connectivity index (χ2n) is 4.83. The molecule has 0 radical (unpaired) electrons. The Morgan fingerprint density at radius 2 is 2.25 bits per heavy atom. The Bertz CT molecular complexity index is 352. The van der Waals surface area contributed by atoms with Crippen LogP contribution < -0.4 is 5.73 Å². The summed E-state index contributed by atoms with van der Waals surface area (Å²) in [6.07, 6.45) is 6.82. The summed E-state index contributed by atoms with van der Waals surface area (Å²) in [6, 6.07) is 0. The van der Waals surface area contributed by atoms with E-state index in [0.717, 1.165) is 31.6 Å². The van der Waals surface area contributed by atoms with Crippen LogP contribution >= 0.6 is 0 Å². The van der Waals surface area contributed by atoms with E-state index in [0.29, 0.717) is 0 Å². The number of hydrogen-bond acceptors (Lipinski definition) is 2. The van der Waals surface area contributed by atoms with E-state index in [2.05, 4.69) is 16.5 Å². The van der Waals surface area contributed by atoms with Crippen molar-refractivity contribution in [2.24, 2.45) is 11.1 Å². The van der Waals surface area contributed by atoms with E-state index in [4.69, 9.17) is 11.1 Å². The second kappa shape index (κ2) is 5.14. The first-order chi connectivity index (χ1) is 7.47. The van der Waals surface area contributed by atoms with E-state index in [9.17, 15) is 0 Å². The SMILES string of the molecule is CCCc1nccn1CCC(C)(C)C(=N)N. The lowest BCUT2D eigenvalue weighted by Crippen LogP contribution is -2.32. The summed E-state index contributed by atoms with van der Waals surface area (Å²) in [5.74, 6) is 1.38. The smallest absolute Gasteiger partial charge is 0.108 e. The fourth-order valence-electron chi connectivity index (χ4n) is 1.53. The Balaban J connectivity index is 2.60. The number of nitrogens with zero attached hydrogens (tertiary/aromatic N) is 2. The molecular formula is C12H22N4. The van der Waals surface area contributed by atoms with Crippen molar-refractivity contribution in [3.05, 3.63) is 18.2 Å². The molecule has 0 atom stereocenters. The van der Waals surface area contributed by atoms with Gasteiger partial charge in [0.05, 0.1) is 5.84 Å². The molecule has 0 aliphatic carbocycles. The van der Waals surface area contributed by atoms with Crippen molar-refractivity contribution < 1.29 is 0 Å². The van der Waals surface area contributed by atoms with Gasteiger partial charge in [0.15, 0.2) is 0 Å². The van der Waals surface area contributed by atoms with Crippen LogP contribution in [0.4, 0.5) is 0 Å². The first-order valence-corrected chi connectivity index (χ1v) is 5.82. The second-order valence-corrected chi connectivity index (χ2v) is 4.83. The number of nitrogens with two attached hydrogens (primary N) is 1. The van der Waals surface area contributed by atoms with E-state index in [1.165, 1.54) is 0 Å². The Labute approximate surface area is 97.4 Å². The van der Waals surface area contributed by atoms with Crippen molar-refractivity contribution >= 4 is 5.84 Å². The molecule has 0 aromatic carbocycles. The first kappa shape index (κ1) is 12.7. The average Bonchev–Trinajstić information content (AvgIpc) is 2.63. The van der Waals surface area contributed by atoms with Crippen molar-refractivity contribution in [3.63, 3.8) is 0 Å². The molecule has 90 valence electrons. The van der Waals surface area contributed by atoms with Gasteiger partial charge in [0.2, 0.25) is 0 Å². The predicted molar refractivity (Wildman–Crippen MR) is 66.5 cm³/mol. The highest BCUT2D eigenvalue weighted by Gasteiger charge is 2.21. The predicted octanol–water partition coefficient (Wildman–Crippen LogP) is 2.19. The molecule has 4 nitrogen and oxygen atoms in total. The number of aromatic nitrogens is 2. The molecule has 0 saturated heterocycles. The molecule has 1 rings (SSSR count). The van der Waals surface area contributed by atoms with Gasteiger partial charge in [0.1, 0.15) is 5.82 Å². The third kappa shape index (κ3) is 3.08. The number of imidazole rings is 1. The minimum Gasteiger partial charge on any atom is -0.387 e. The number of hydrogen-bond donors (Lipinski definition) is 2. The average molecular weight is 222 g/mol. The van der Waals surface area contributed by atoms with Gasteiger partial charge in [-0.15, -0.1) is 0 Å². The van der Waals surface area contributed by atoms with E-state index >= 15 is 0 Å². The lowest BCUT2D eigenvalue weighted by atomic mass is 9.88. The summed E-state index contributed by atoms with van der Waals surface area (Å²) in [4.78, 5) is 4.33. The van der Waals surface area contributed by atoms with Crippen LogP contribution in [0.3, 0.4) is 0 Å². The van der Waals surface area contributed by atoms with Crippen molar-refractivity contribution in [1.82, 2.24) is 9.55 Å². The minimum absolute atomic E-state index is 0.228. The monoisotopic (exact) mass is 222 g/mol. The highest BCUT2D eigenvalue weighted by Crippen LogP contribution is 2.21. The summed E-state index contributed by atoms with van der Waals surface area (Å²) < 4.78 is 2.16. The molecule has 0 bridgehead atoms. The van der Waals surface area contributed by atoms with Crippen LogP contribution in [0, 0.1) is 10.8 Å². The molecule has 0 unspecified atom stereocenters. The van der Waals surface area contributed by atoms with Gasteiger partial charge in [-0.05, 0) is 12.8 Å². The van der Waals surface area contributed by atoms with Crippen molar-refractivity contribution in [3.8, 4) is 0 Å². The fraction of sp³-hybridized carbons (Fsp3) is 0.667. The Morgan fingerprint density at radius 3 is 2.81 bits per heavy atom. The number of amidine groups is 1. The van der Waals surface area contributed by atoms with Crippen LogP contribution in [-0.2, 0) is 13.0 Å². The largest absolute Gasteiger partial charge is 0.387 e. The van der Waals surface area contributed by atoms with Crippen molar-refractivity contribution in [2.75, 3.05) is 0 Å². The zero-order chi connectivity index (χ0) is 12.2. The number of nitrogens with one attached hydrogen (secondary N) is 1. The quantitative estimate of drug-likeness (QED) is 0.572. The van der Waals surface area contributed by atoms with E-state index in [1.54, 1.807) is 0 Å². The fourth-order valence-corrected chi connectivity index (χ4v) is 1.53. The summed E-state index contributed by atoms with van der Waals surface area (Å²) in [5, 5.41) is 7.51. The van der Waals surface area contributed by atoms with Gasteiger partial charge in [0, 0.05) is 30.8 Å². The molecule has 1 aromatic heterocycles. The normalized spacial score (nSPS) is 11.7. The van der Waals surface area contributed by atoms with Crippen molar-refractivity contribution in [2.45, 2.75) is 46.6 Å². The van der Waals surface area contributed by atoms with E-state index in [-0.39, 0.29) is 11.3 Å². The Hall–Kier alpha value is -1.32. The van der Waals surface area contributed by atoms with E-state index < -0.39 is 0 Å². The molecule has 0 aliphatic heterocycles. The topological polar surface area (TPSA) is 67.7 Å². The van der Waals surface area contributed by atoms with Crippen LogP contribution in [0.5, 0.6) is 0 Å². The summed E-state index contributed by atoms with van der Waals surface area (Å²) in [6.45, 7) is 7.04. The number of aryl methyl sites for hydroxylation is 2. The van der Waals surface area contributed by atoms with Gasteiger partial charge < -0.3 is 10.3 Å². The van der Waals surface area contributed by atoms with Gasteiger partial charge in [-0.1, -0.05) is 20.8 Å². The summed E-state index contributed by atoms with van der Waals surface area (Å²) in [7, 11) is 0. The Kier molecular flexibility index (Phi) is 4.10.